The second-order valence-corrected chi connectivity index (χ2v) is 3.53. The Morgan fingerprint density at radius 2 is 1.91 bits per heavy atom. The van der Waals surface area contributed by atoms with Gasteiger partial charge in [-0.15, -0.1) is 0 Å². The fourth-order valence-corrected chi connectivity index (χ4v) is 1.92. The van der Waals surface area contributed by atoms with Crippen LogP contribution in [0.1, 0.15) is 44.9 Å². The van der Waals surface area contributed by atoms with Crippen molar-refractivity contribution in [1.29, 1.82) is 0 Å². The molecule has 0 unspecified atom stereocenters. The van der Waals surface area contributed by atoms with E-state index in [9.17, 15) is 0 Å². The summed E-state index contributed by atoms with van der Waals surface area (Å²) in [6.45, 7) is 7.36. The molecule has 0 atom stereocenters. The fourth-order valence-electron chi connectivity index (χ4n) is 1.92. The number of hydrogen-bond acceptors (Lipinski definition) is 0. The summed E-state index contributed by atoms with van der Waals surface area (Å²) in [6.07, 6.45) is 9.61. The van der Waals surface area contributed by atoms with Crippen molar-refractivity contribution in [2.45, 2.75) is 44.9 Å². The molecule has 0 N–H and O–H groups in total. The lowest BCUT2D eigenvalue weighted by Crippen LogP contribution is -1.92. The second kappa shape index (κ2) is 5.18. The van der Waals surface area contributed by atoms with E-state index in [2.05, 4.69) is 4.85 Å². The SMILES string of the molecule is [C-]#[N+]CCCCC1CCCC1. The molecular weight excluding hydrogens is 134 g/mol. The molecule has 0 aromatic carbocycles. The zero-order valence-corrected chi connectivity index (χ0v) is 7.18. The lowest BCUT2D eigenvalue weighted by molar-refractivity contribution is 0.479. The van der Waals surface area contributed by atoms with Crippen molar-refractivity contribution < 1.29 is 0 Å². The summed E-state index contributed by atoms with van der Waals surface area (Å²) < 4.78 is 0. The van der Waals surface area contributed by atoms with Crippen LogP contribution in [0.25, 0.3) is 4.85 Å². The van der Waals surface area contributed by atoms with Gasteiger partial charge >= 0.3 is 0 Å². The van der Waals surface area contributed by atoms with Crippen LogP contribution < -0.4 is 0 Å². The van der Waals surface area contributed by atoms with Gasteiger partial charge in [-0.1, -0.05) is 32.1 Å². The van der Waals surface area contributed by atoms with Crippen molar-refractivity contribution in [2.75, 3.05) is 6.54 Å². The Balaban J connectivity index is 1.90. The first kappa shape index (κ1) is 8.59. The average Bonchev–Trinajstić information content (AvgIpc) is 2.50. The van der Waals surface area contributed by atoms with Crippen molar-refractivity contribution in [3.05, 3.63) is 11.4 Å². The summed E-state index contributed by atoms with van der Waals surface area (Å²) in [5.74, 6) is 1.01. The van der Waals surface area contributed by atoms with Crippen molar-refractivity contribution >= 4 is 0 Å². The average molecular weight is 151 g/mol. The third-order valence-corrected chi connectivity index (χ3v) is 2.61. The zero-order valence-electron chi connectivity index (χ0n) is 7.18. The minimum absolute atomic E-state index is 0.743. The van der Waals surface area contributed by atoms with Crippen LogP contribution in [0.3, 0.4) is 0 Å². The van der Waals surface area contributed by atoms with Crippen LogP contribution in [0.4, 0.5) is 0 Å². The molecule has 0 aromatic heterocycles. The fraction of sp³-hybridized carbons (Fsp3) is 0.900. The first-order valence-corrected chi connectivity index (χ1v) is 4.76. The van der Waals surface area contributed by atoms with E-state index in [1.807, 2.05) is 0 Å². The Bertz CT molecular complexity index is 128. The van der Waals surface area contributed by atoms with E-state index >= 15 is 0 Å². The molecule has 1 heteroatoms. The van der Waals surface area contributed by atoms with E-state index in [1.165, 1.54) is 38.5 Å². The quantitative estimate of drug-likeness (QED) is 0.429. The molecule has 11 heavy (non-hydrogen) atoms. The van der Waals surface area contributed by atoms with Crippen LogP contribution >= 0.6 is 0 Å². The summed E-state index contributed by atoms with van der Waals surface area (Å²) in [6, 6.07) is 0. The number of hydrogen-bond donors (Lipinski definition) is 0. The molecule has 0 aliphatic heterocycles. The molecule has 0 heterocycles. The van der Waals surface area contributed by atoms with E-state index in [1.54, 1.807) is 0 Å². The molecule has 0 aromatic rings. The van der Waals surface area contributed by atoms with Crippen LogP contribution in [0.15, 0.2) is 0 Å². The maximum Gasteiger partial charge on any atom is 0.214 e. The predicted molar refractivity (Wildman–Crippen MR) is 47.3 cm³/mol. The van der Waals surface area contributed by atoms with Crippen molar-refractivity contribution in [3.63, 3.8) is 0 Å². The largest absolute Gasteiger partial charge is 0.317 e. The van der Waals surface area contributed by atoms with Gasteiger partial charge in [0, 0.05) is 6.42 Å². The molecule has 1 aliphatic carbocycles. The van der Waals surface area contributed by atoms with Gasteiger partial charge in [0.25, 0.3) is 0 Å². The van der Waals surface area contributed by atoms with Gasteiger partial charge in [-0.25, -0.2) is 6.57 Å². The second-order valence-electron chi connectivity index (χ2n) is 3.53. The Morgan fingerprint density at radius 3 is 2.55 bits per heavy atom. The first-order chi connectivity index (χ1) is 5.43. The third kappa shape index (κ3) is 3.41. The molecule has 1 aliphatic rings. The van der Waals surface area contributed by atoms with Crippen LogP contribution in [0.5, 0.6) is 0 Å². The highest BCUT2D eigenvalue weighted by Gasteiger charge is 2.13. The molecule has 1 fully saturated rings. The Hall–Kier alpha value is -0.510. The maximum atomic E-state index is 6.62. The van der Waals surface area contributed by atoms with Crippen LogP contribution in [0.2, 0.25) is 0 Å². The molecular formula is C10H17N. The van der Waals surface area contributed by atoms with Gasteiger partial charge in [-0.3, -0.25) is 0 Å². The summed E-state index contributed by atoms with van der Waals surface area (Å²) in [5, 5.41) is 0. The van der Waals surface area contributed by atoms with Crippen LogP contribution in [-0.4, -0.2) is 6.54 Å². The normalized spacial score (nSPS) is 18.5. The predicted octanol–water partition coefficient (Wildman–Crippen LogP) is 3.27. The monoisotopic (exact) mass is 151 g/mol. The summed E-state index contributed by atoms with van der Waals surface area (Å²) in [5.41, 5.74) is 0. The van der Waals surface area contributed by atoms with Gasteiger partial charge < -0.3 is 4.85 Å². The van der Waals surface area contributed by atoms with Gasteiger partial charge in [0.15, 0.2) is 0 Å². The summed E-state index contributed by atoms with van der Waals surface area (Å²) >= 11 is 0. The molecule has 0 bridgehead atoms. The van der Waals surface area contributed by atoms with Crippen molar-refractivity contribution in [3.8, 4) is 0 Å². The van der Waals surface area contributed by atoms with Crippen molar-refractivity contribution in [1.82, 2.24) is 0 Å². The summed E-state index contributed by atoms with van der Waals surface area (Å²) in [4.78, 5) is 3.35. The molecule has 0 saturated heterocycles. The maximum absolute atomic E-state index is 6.62. The number of rotatable bonds is 4. The molecule has 62 valence electrons. The number of nitrogens with zero attached hydrogens (tertiary/aromatic N) is 1. The smallest absolute Gasteiger partial charge is 0.214 e. The van der Waals surface area contributed by atoms with E-state index in [0.29, 0.717) is 0 Å². The summed E-state index contributed by atoms with van der Waals surface area (Å²) in [7, 11) is 0. The van der Waals surface area contributed by atoms with Gasteiger partial charge in [0.1, 0.15) is 0 Å². The standard InChI is InChI=1S/C10H17N/c1-11-9-5-4-8-10-6-2-3-7-10/h10H,2-9H2. The van der Waals surface area contributed by atoms with E-state index in [0.717, 1.165) is 18.9 Å². The minimum Gasteiger partial charge on any atom is -0.317 e. The van der Waals surface area contributed by atoms with Crippen LogP contribution in [0, 0.1) is 12.5 Å². The Kier molecular flexibility index (Phi) is 4.04. The highest BCUT2D eigenvalue weighted by molar-refractivity contribution is 4.68. The molecule has 1 saturated carbocycles. The molecule has 0 spiro atoms. The van der Waals surface area contributed by atoms with E-state index < -0.39 is 0 Å². The number of unbranched alkanes of at least 4 members (excludes halogenated alkanes) is 1. The van der Waals surface area contributed by atoms with Gasteiger partial charge in [0.2, 0.25) is 6.54 Å². The Labute approximate surface area is 69.6 Å². The van der Waals surface area contributed by atoms with E-state index in [-0.39, 0.29) is 0 Å². The Morgan fingerprint density at radius 1 is 1.18 bits per heavy atom. The van der Waals surface area contributed by atoms with Gasteiger partial charge in [0.05, 0.1) is 0 Å². The van der Waals surface area contributed by atoms with E-state index in [4.69, 9.17) is 6.57 Å². The van der Waals surface area contributed by atoms with Crippen LogP contribution in [-0.2, 0) is 0 Å². The first-order valence-electron chi connectivity index (χ1n) is 4.76. The zero-order chi connectivity index (χ0) is 7.94. The lowest BCUT2D eigenvalue weighted by Gasteiger charge is -2.05. The topological polar surface area (TPSA) is 4.36 Å². The van der Waals surface area contributed by atoms with Gasteiger partial charge in [-0.2, -0.15) is 0 Å². The highest BCUT2D eigenvalue weighted by Crippen LogP contribution is 2.28. The van der Waals surface area contributed by atoms with Gasteiger partial charge in [-0.05, 0) is 12.3 Å². The third-order valence-electron chi connectivity index (χ3n) is 2.61. The molecule has 0 amide bonds. The minimum atomic E-state index is 0.743. The van der Waals surface area contributed by atoms with Crippen molar-refractivity contribution in [2.24, 2.45) is 5.92 Å². The molecule has 0 radical (unpaired) electrons. The molecule has 1 nitrogen and oxygen atoms in total. The lowest BCUT2D eigenvalue weighted by atomic mass is 10.0. The highest BCUT2D eigenvalue weighted by atomic mass is 14.6. The molecule has 1 rings (SSSR count).